The Hall–Kier alpha value is -0.930. The van der Waals surface area contributed by atoms with E-state index in [0.717, 1.165) is 25.1 Å². The van der Waals surface area contributed by atoms with Gasteiger partial charge >= 0.3 is 0 Å². The zero-order valence-corrected chi connectivity index (χ0v) is 9.56. The van der Waals surface area contributed by atoms with Crippen molar-refractivity contribution in [2.24, 2.45) is 5.92 Å². The number of aliphatic hydroxyl groups excluding tert-OH is 1. The Morgan fingerprint density at radius 2 is 2.19 bits per heavy atom. The number of halogens is 1. The van der Waals surface area contributed by atoms with E-state index in [-0.39, 0.29) is 24.3 Å². The topological polar surface area (TPSA) is 23.5 Å². The van der Waals surface area contributed by atoms with Gasteiger partial charge in [0.25, 0.3) is 0 Å². The first-order valence-electron chi connectivity index (χ1n) is 5.76. The van der Waals surface area contributed by atoms with Gasteiger partial charge in [-0.05, 0) is 37.6 Å². The molecule has 1 heterocycles. The summed E-state index contributed by atoms with van der Waals surface area (Å²) in [5.41, 5.74) is 0.759. The van der Waals surface area contributed by atoms with Crippen LogP contribution in [0.4, 0.5) is 4.39 Å². The molecule has 0 bridgehead atoms. The lowest BCUT2D eigenvalue weighted by atomic mass is 9.81. The van der Waals surface area contributed by atoms with Crippen LogP contribution in [0.15, 0.2) is 24.3 Å². The minimum Gasteiger partial charge on any atom is -0.396 e. The Morgan fingerprint density at radius 3 is 2.88 bits per heavy atom. The van der Waals surface area contributed by atoms with Crippen molar-refractivity contribution < 1.29 is 9.50 Å². The molecule has 1 aliphatic heterocycles. The quantitative estimate of drug-likeness (QED) is 0.827. The Balaban J connectivity index is 2.22. The van der Waals surface area contributed by atoms with Crippen LogP contribution in [0.3, 0.4) is 0 Å². The van der Waals surface area contributed by atoms with Gasteiger partial charge in [-0.3, -0.25) is 0 Å². The number of aliphatic hydroxyl groups is 1. The van der Waals surface area contributed by atoms with Crippen LogP contribution in [-0.2, 0) is 0 Å². The van der Waals surface area contributed by atoms with Crippen molar-refractivity contribution in [1.82, 2.24) is 4.90 Å². The number of hydrogen-bond donors (Lipinski definition) is 1. The summed E-state index contributed by atoms with van der Waals surface area (Å²) in [7, 11) is 2.04. The van der Waals surface area contributed by atoms with Crippen LogP contribution in [-0.4, -0.2) is 36.8 Å². The van der Waals surface area contributed by atoms with Crippen molar-refractivity contribution in [3.63, 3.8) is 0 Å². The number of rotatable bonds is 2. The summed E-state index contributed by atoms with van der Waals surface area (Å²) in [5.74, 6) is 0.161. The minimum atomic E-state index is -0.143. The van der Waals surface area contributed by atoms with Crippen molar-refractivity contribution >= 4 is 0 Å². The zero-order valence-electron chi connectivity index (χ0n) is 9.56. The van der Waals surface area contributed by atoms with E-state index >= 15 is 0 Å². The van der Waals surface area contributed by atoms with Gasteiger partial charge in [-0.15, -0.1) is 0 Å². The summed E-state index contributed by atoms with van der Waals surface area (Å²) in [5, 5.41) is 9.38. The van der Waals surface area contributed by atoms with E-state index in [9.17, 15) is 9.50 Å². The van der Waals surface area contributed by atoms with Crippen molar-refractivity contribution in [2.45, 2.75) is 12.3 Å². The third-order valence-corrected chi connectivity index (χ3v) is 3.48. The number of hydrogen-bond acceptors (Lipinski definition) is 2. The molecule has 0 unspecified atom stereocenters. The summed E-state index contributed by atoms with van der Waals surface area (Å²) in [6.45, 7) is 1.94. The highest BCUT2D eigenvalue weighted by molar-refractivity contribution is 5.23. The predicted octanol–water partition coefficient (Wildman–Crippen LogP) is 1.85. The Labute approximate surface area is 95.7 Å². The molecule has 0 aliphatic carbocycles. The first-order valence-corrected chi connectivity index (χ1v) is 5.76. The Bertz CT molecular complexity index is 356. The second-order valence-electron chi connectivity index (χ2n) is 4.62. The van der Waals surface area contributed by atoms with Gasteiger partial charge in [0.2, 0.25) is 0 Å². The SMILES string of the molecule is CN1CC[C@@H](c2ccccc2F)[C@H](CO)C1. The number of nitrogens with zero attached hydrogens (tertiary/aromatic N) is 1. The molecule has 3 heteroatoms. The van der Waals surface area contributed by atoms with Gasteiger partial charge < -0.3 is 10.0 Å². The smallest absolute Gasteiger partial charge is 0.126 e. The monoisotopic (exact) mass is 223 g/mol. The Kier molecular flexibility index (Phi) is 3.56. The number of likely N-dealkylation sites (tertiary alicyclic amines) is 1. The van der Waals surface area contributed by atoms with Gasteiger partial charge in [-0.1, -0.05) is 18.2 Å². The maximum absolute atomic E-state index is 13.7. The van der Waals surface area contributed by atoms with Crippen molar-refractivity contribution in [3.8, 4) is 0 Å². The van der Waals surface area contributed by atoms with E-state index < -0.39 is 0 Å². The lowest BCUT2D eigenvalue weighted by Crippen LogP contribution is -2.38. The van der Waals surface area contributed by atoms with Crippen LogP contribution in [0, 0.1) is 11.7 Å². The molecule has 0 radical (unpaired) electrons. The van der Waals surface area contributed by atoms with E-state index in [1.54, 1.807) is 6.07 Å². The average molecular weight is 223 g/mol. The summed E-state index contributed by atoms with van der Waals surface area (Å²) in [4.78, 5) is 2.19. The van der Waals surface area contributed by atoms with Crippen LogP contribution < -0.4 is 0 Å². The highest BCUT2D eigenvalue weighted by Gasteiger charge is 2.29. The molecule has 1 aromatic rings. The fourth-order valence-corrected chi connectivity index (χ4v) is 2.58. The molecule has 2 atom stereocenters. The van der Waals surface area contributed by atoms with Gasteiger partial charge in [0.05, 0.1) is 0 Å². The molecule has 0 amide bonds. The van der Waals surface area contributed by atoms with E-state index in [1.165, 1.54) is 6.07 Å². The minimum absolute atomic E-state index is 0.128. The standard InChI is InChI=1S/C13H18FNO/c1-15-7-6-11(10(8-15)9-16)12-4-2-3-5-13(12)14/h2-5,10-11,16H,6-9H2,1H3/t10-,11+/m0/s1. The molecule has 16 heavy (non-hydrogen) atoms. The van der Waals surface area contributed by atoms with Gasteiger partial charge in [0, 0.05) is 19.1 Å². The summed E-state index contributed by atoms with van der Waals surface area (Å²) in [6.07, 6.45) is 0.919. The average Bonchev–Trinajstić information content (AvgIpc) is 2.30. The van der Waals surface area contributed by atoms with Gasteiger partial charge in [-0.2, -0.15) is 0 Å². The van der Waals surface area contributed by atoms with Crippen LogP contribution in [0.2, 0.25) is 0 Å². The van der Waals surface area contributed by atoms with Crippen LogP contribution in [0.25, 0.3) is 0 Å². The molecular formula is C13H18FNO. The van der Waals surface area contributed by atoms with Gasteiger partial charge in [-0.25, -0.2) is 4.39 Å². The predicted molar refractivity (Wildman–Crippen MR) is 61.8 cm³/mol. The summed E-state index contributed by atoms with van der Waals surface area (Å²) in [6, 6.07) is 6.92. The molecule has 88 valence electrons. The Morgan fingerprint density at radius 1 is 1.44 bits per heavy atom. The van der Waals surface area contributed by atoms with E-state index in [2.05, 4.69) is 4.90 Å². The van der Waals surface area contributed by atoms with Crippen LogP contribution in [0.1, 0.15) is 17.9 Å². The molecular weight excluding hydrogens is 205 g/mol. The second-order valence-corrected chi connectivity index (χ2v) is 4.62. The lowest BCUT2D eigenvalue weighted by molar-refractivity contribution is 0.117. The molecule has 1 saturated heterocycles. The fraction of sp³-hybridized carbons (Fsp3) is 0.538. The molecule has 0 aromatic heterocycles. The van der Waals surface area contributed by atoms with E-state index in [1.807, 2.05) is 19.2 Å². The molecule has 2 rings (SSSR count). The van der Waals surface area contributed by atoms with Crippen LogP contribution in [0.5, 0.6) is 0 Å². The molecule has 0 spiro atoms. The molecule has 1 fully saturated rings. The lowest BCUT2D eigenvalue weighted by Gasteiger charge is -2.36. The molecule has 1 aliphatic rings. The first-order chi connectivity index (χ1) is 7.72. The van der Waals surface area contributed by atoms with Gasteiger partial charge in [0.1, 0.15) is 5.82 Å². The first kappa shape index (κ1) is 11.6. The van der Waals surface area contributed by atoms with Crippen LogP contribution >= 0.6 is 0 Å². The number of benzene rings is 1. The maximum atomic E-state index is 13.7. The van der Waals surface area contributed by atoms with E-state index in [4.69, 9.17) is 0 Å². The summed E-state index contributed by atoms with van der Waals surface area (Å²) < 4.78 is 13.7. The van der Waals surface area contributed by atoms with Crippen molar-refractivity contribution in [2.75, 3.05) is 26.7 Å². The third kappa shape index (κ3) is 2.25. The molecule has 0 saturated carbocycles. The third-order valence-electron chi connectivity index (χ3n) is 3.48. The largest absolute Gasteiger partial charge is 0.396 e. The summed E-state index contributed by atoms with van der Waals surface area (Å²) >= 11 is 0. The van der Waals surface area contributed by atoms with Crippen molar-refractivity contribution in [1.29, 1.82) is 0 Å². The van der Waals surface area contributed by atoms with Gasteiger partial charge in [0.15, 0.2) is 0 Å². The molecule has 1 N–H and O–H groups in total. The normalized spacial score (nSPS) is 26.9. The highest BCUT2D eigenvalue weighted by atomic mass is 19.1. The highest BCUT2D eigenvalue weighted by Crippen LogP contribution is 2.33. The zero-order chi connectivity index (χ0) is 11.5. The molecule has 1 aromatic carbocycles. The molecule has 2 nitrogen and oxygen atoms in total. The van der Waals surface area contributed by atoms with E-state index in [0.29, 0.717) is 0 Å². The fourth-order valence-electron chi connectivity index (χ4n) is 2.58. The maximum Gasteiger partial charge on any atom is 0.126 e. The van der Waals surface area contributed by atoms with Crippen molar-refractivity contribution in [3.05, 3.63) is 35.6 Å². The second kappa shape index (κ2) is 4.93. The number of piperidine rings is 1.